The van der Waals surface area contributed by atoms with Crippen LogP contribution in [0.2, 0.25) is 0 Å². The van der Waals surface area contributed by atoms with Crippen molar-refractivity contribution in [2.45, 2.75) is 62.9 Å². The van der Waals surface area contributed by atoms with E-state index in [4.69, 9.17) is 25.4 Å². The van der Waals surface area contributed by atoms with E-state index < -0.39 is 28.3 Å². The number of benzene rings is 5. The minimum Gasteiger partial charge on any atom is -0.496 e. The highest BCUT2D eigenvalue weighted by Gasteiger charge is 2.76. The molecule has 0 aromatic heterocycles. The molecule has 0 unspecified atom stereocenters. The van der Waals surface area contributed by atoms with E-state index in [2.05, 4.69) is 78.7 Å². The molecule has 6 nitrogen and oxygen atoms in total. The van der Waals surface area contributed by atoms with Gasteiger partial charge in [0.2, 0.25) is 5.60 Å². The number of esters is 2. The van der Waals surface area contributed by atoms with Crippen LogP contribution in [0.25, 0.3) is 0 Å². The van der Waals surface area contributed by atoms with Crippen LogP contribution in [0, 0.1) is 23.2 Å². The van der Waals surface area contributed by atoms with Crippen molar-refractivity contribution in [1.29, 1.82) is 0 Å². The molecule has 0 N–H and O–H groups in total. The second kappa shape index (κ2) is 10.2. The van der Waals surface area contributed by atoms with Gasteiger partial charge >= 0.3 is 11.9 Å². The number of carbonyl (C=O) groups excluding carboxylic acids is 2. The number of carbonyl (C=O) groups is 2. The van der Waals surface area contributed by atoms with Crippen molar-refractivity contribution in [3.63, 3.8) is 0 Å². The third kappa shape index (κ3) is 3.34. The molecular weight excluding hydrogens is 673 g/mol. The van der Waals surface area contributed by atoms with Crippen molar-refractivity contribution in [2.24, 2.45) is 10.8 Å². The van der Waals surface area contributed by atoms with Crippen molar-refractivity contribution >= 4 is 11.9 Å². The van der Waals surface area contributed by atoms with Crippen LogP contribution in [0.5, 0.6) is 17.2 Å². The first-order valence-corrected chi connectivity index (χ1v) is 18.8. The van der Waals surface area contributed by atoms with Gasteiger partial charge < -0.3 is 18.9 Å². The lowest BCUT2D eigenvalue weighted by atomic mass is 9.54. The number of fused-ring (bicyclic) bond motifs is 2. The SMILES string of the molecule is C#Cc1c2c(c(OC(=O)[C@@]34CC[C@@](C)(C(=O)O3)C4(C)C)c3c1[C@H]1c4ccccc4[C@@H]3c3c(OC)ccc(OC)c31)C1c3ccccc3C2c2ccccc21. The predicted molar refractivity (Wildman–Crippen MR) is 203 cm³/mol. The van der Waals surface area contributed by atoms with Gasteiger partial charge in [0.25, 0.3) is 0 Å². The third-order valence-corrected chi connectivity index (χ3v) is 14.6. The summed E-state index contributed by atoms with van der Waals surface area (Å²) in [5.41, 5.74) is 10.6. The van der Waals surface area contributed by atoms with Crippen LogP contribution in [-0.2, 0) is 14.3 Å². The molecule has 8 aliphatic rings. The summed E-state index contributed by atoms with van der Waals surface area (Å²) in [6, 6.07) is 29.6. The Morgan fingerprint density at radius 1 is 0.648 bits per heavy atom. The molecule has 1 aliphatic heterocycles. The van der Waals surface area contributed by atoms with Gasteiger partial charge in [-0.2, -0.15) is 0 Å². The van der Waals surface area contributed by atoms with E-state index in [1.165, 1.54) is 22.3 Å². The maximum absolute atomic E-state index is 15.3. The van der Waals surface area contributed by atoms with E-state index in [-0.39, 0.29) is 23.7 Å². The van der Waals surface area contributed by atoms with Gasteiger partial charge in [-0.3, -0.25) is 4.79 Å². The Labute approximate surface area is 314 Å². The average Bonchev–Trinajstić information content (AvgIpc) is 3.50. The van der Waals surface area contributed by atoms with Gasteiger partial charge in [-0.25, -0.2) is 4.79 Å². The van der Waals surface area contributed by atoms with Gasteiger partial charge in [0.05, 0.1) is 19.6 Å². The topological polar surface area (TPSA) is 71.1 Å². The standard InChI is InChI=1S/C48H38O6/c1-7-24-35-33-25-14-8-10-16-27(25)34(28-17-11-9-15-26(28)33)41(35)43(53-45(50)48-23-22-47(4,44(49)54-48)46(48,2)3)42-36(24)37-29-18-12-13-19-30(29)38(42)40-32(52-6)21-20-31(51-5)39(37)40/h1,8-21,33-34,37-38H,22-23H2,2-6H3/t33?,34?,37-,38-,47+,48-/m1/s1. The molecule has 7 aliphatic carbocycles. The molecule has 0 spiro atoms. The Kier molecular flexibility index (Phi) is 6.01. The van der Waals surface area contributed by atoms with E-state index in [1.807, 2.05) is 32.9 Å². The molecule has 1 heterocycles. The first-order valence-electron chi connectivity index (χ1n) is 18.8. The van der Waals surface area contributed by atoms with E-state index in [1.54, 1.807) is 14.2 Å². The number of terminal acetylenes is 1. The molecule has 2 fully saturated rings. The zero-order valence-electron chi connectivity index (χ0n) is 30.8. The Hall–Kier alpha value is -5.80. The summed E-state index contributed by atoms with van der Waals surface area (Å²) in [4.78, 5) is 28.8. The maximum atomic E-state index is 15.3. The summed E-state index contributed by atoms with van der Waals surface area (Å²) in [6.45, 7) is 5.86. The van der Waals surface area contributed by atoms with Crippen molar-refractivity contribution < 1.29 is 28.5 Å². The van der Waals surface area contributed by atoms with Gasteiger partial charge in [-0.05, 0) is 76.4 Å². The summed E-state index contributed by atoms with van der Waals surface area (Å²) >= 11 is 0. The molecule has 54 heavy (non-hydrogen) atoms. The van der Waals surface area contributed by atoms with Crippen molar-refractivity contribution in [3.8, 4) is 29.6 Å². The molecule has 0 amide bonds. The molecule has 5 aromatic rings. The minimum atomic E-state index is -1.43. The predicted octanol–water partition coefficient (Wildman–Crippen LogP) is 8.69. The number of ether oxygens (including phenoxy) is 4. The van der Waals surface area contributed by atoms with Gasteiger partial charge in [-0.15, -0.1) is 6.42 Å². The monoisotopic (exact) mass is 710 g/mol. The quantitative estimate of drug-likeness (QED) is 0.103. The van der Waals surface area contributed by atoms with Crippen LogP contribution >= 0.6 is 0 Å². The molecule has 4 atom stereocenters. The number of hydrogen-bond acceptors (Lipinski definition) is 6. The number of hydrogen-bond donors (Lipinski definition) is 0. The molecule has 6 heteroatoms. The largest absolute Gasteiger partial charge is 0.496 e. The molecule has 1 saturated heterocycles. The molecule has 0 radical (unpaired) electrons. The van der Waals surface area contributed by atoms with Crippen LogP contribution in [0.4, 0.5) is 0 Å². The Morgan fingerprint density at radius 3 is 1.50 bits per heavy atom. The fourth-order valence-corrected chi connectivity index (χ4v) is 11.6. The Balaban J connectivity index is 1.28. The lowest BCUT2D eigenvalue weighted by molar-refractivity contribution is -0.176. The van der Waals surface area contributed by atoms with Crippen molar-refractivity contribution in [3.05, 3.63) is 157 Å². The lowest BCUT2D eigenvalue weighted by Crippen LogP contribution is -2.50. The molecule has 5 aromatic carbocycles. The molecule has 266 valence electrons. The third-order valence-electron chi connectivity index (χ3n) is 14.6. The van der Waals surface area contributed by atoms with Gasteiger partial charge in [-0.1, -0.05) is 92.6 Å². The van der Waals surface area contributed by atoms with Gasteiger partial charge in [0.1, 0.15) is 17.2 Å². The van der Waals surface area contributed by atoms with Crippen LogP contribution in [0.15, 0.2) is 84.9 Å². The second-order valence-electron chi connectivity index (χ2n) is 16.5. The Bertz CT molecular complexity index is 2580. The minimum absolute atomic E-state index is 0.178. The highest BCUT2D eigenvalue weighted by Crippen LogP contribution is 2.69. The highest BCUT2D eigenvalue weighted by molar-refractivity contribution is 5.95. The fraction of sp³-hybridized carbons (Fsp3) is 0.292. The zero-order chi connectivity index (χ0) is 37.1. The molecule has 13 rings (SSSR count). The maximum Gasteiger partial charge on any atom is 0.356 e. The summed E-state index contributed by atoms with van der Waals surface area (Å²) in [6.07, 6.45) is 7.71. The normalized spacial score (nSPS) is 27.4. The average molecular weight is 711 g/mol. The number of rotatable bonds is 4. The van der Waals surface area contributed by atoms with Crippen molar-refractivity contribution in [2.75, 3.05) is 14.2 Å². The lowest BCUT2D eigenvalue weighted by Gasteiger charge is -2.49. The molecular formula is C48H38O6. The van der Waals surface area contributed by atoms with Crippen LogP contribution in [0.1, 0.15) is 130 Å². The van der Waals surface area contributed by atoms with Crippen LogP contribution in [0.3, 0.4) is 0 Å². The Morgan fingerprint density at radius 2 is 1.07 bits per heavy atom. The van der Waals surface area contributed by atoms with Gasteiger partial charge in [0, 0.05) is 56.9 Å². The van der Waals surface area contributed by atoms with E-state index in [0.29, 0.717) is 18.6 Å². The van der Waals surface area contributed by atoms with E-state index in [0.717, 1.165) is 61.6 Å². The fourth-order valence-electron chi connectivity index (χ4n) is 11.6. The number of methoxy groups -OCH3 is 2. The van der Waals surface area contributed by atoms with Crippen LogP contribution < -0.4 is 14.2 Å². The molecule has 6 bridgehead atoms. The summed E-state index contributed by atoms with van der Waals surface area (Å²) < 4.78 is 25.5. The molecule has 1 saturated carbocycles. The summed E-state index contributed by atoms with van der Waals surface area (Å²) in [5.74, 6) is 3.23. The van der Waals surface area contributed by atoms with E-state index >= 15 is 4.79 Å². The van der Waals surface area contributed by atoms with Crippen LogP contribution in [-0.4, -0.2) is 31.8 Å². The zero-order valence-corrected chi connectivity index (χ0v) is 30.8. The summed E-state index contributed by atoms with van der Waals surface area (Å²) in [5, 5.41) is 0. The first kappa shape index (κ1) is 31.7. The van der Waals surface area contributed by atoms with Gasteiger partial charge in [0.15, 0.2) is 0 Å². The second-order valence-corrected chi connectivity index (χ2v) is 16.5. The smallest absolute Gasteiger partial charge is 0.356 e. The first-order chi connectivity index (χ1) is 26.1. The van der Waals surface area contributed by atoms with Crippen molar-refractivity contribution in [1.82, 2.24) is 0 Å². The summed E-state index contributed by atoms with van der Waals surface area (Å²) in [7, 11) is 3.39. The highest BCUT2D eigenvalue weighted by atomic mass is 16.6. The van der Waals surface area contributed by atoms with E-state index in [9.17, 15) is 4.79 Å².